The van der Waals surface area contributed by atoms with E-state index in [-0.39, 0.29) is 11.1 Å². The number of rotatable bonds is 15. The van der Waals surface area contributed by atoms with E-state index in [0.29, 0.717) is 15.7 Å². The van der Waals surface area contributed by atoms with Gasteiger partial charge in [-0.25, -0.2) is 0 Å². The molecule has 0 spiro atoms. The average Bonchev–Trinajstić information content (AvgIpc) is 2.55. The van der Waals surface area contributed by atoms with Gasteiger partial charge in [-0.05, 0) is 36.3 Å². The van der Waals surface area contributed by atoms with E-state index in [0.717, 1.165) is 12.0 Å². The highest BCUT2D eigenvalue weighted by Crippen LogP contribution is 2.31. The van der Waals surface area contributed by atoms with Crippen molar-refractivity contribution in [1.82, 2.24) is 0 Å². The second-order valence-electron chi connectivity index (χ2n) is 8.85. The number of unbranched alkanes of at least 4 members (excludes halogenated alkanes) is 8. The van der Waals surface area contributed by atoms with Gasteiger partial charge in [0.1, 0.15) is 6.10 Å². The Hall–Kier alpha value is -0.523. The summed E-state index contributed by atoms with van der Waals surface area (Å²) in [6, 6.07) is 0. The normalized spacial score (nSPS) is 12.7. The van der Waals surface area contributed by atoms with Crippen LogP contribution in [0.3, 0.4) is 0 Å². The molecule has 0 amide bonds. The molecule has 150 valence electrons. The van der Waals surface area contributed by atoms with Gasteiger partial charge in [0, 0.05) is 0 Å². The molecule has 2 heteroatoms. The standard InChI is InChI=1S/C24H44OSi/c1-8-9-10-11-12-13-14-15-16-19-24(6,7)26-25-23(20-22(4)5)18-17-21(2)3/h22-23H,2,8-16,19-20H2,1,3-7H3. The summed E-state index contributed by atoms with van der Waals surface area (Å²) in [7, 11) is 0.522. The van der Waals surface area contributed by atoms with E-state index >= 15 is 0 Å². The summed E-state index contributed by atoms with van der Waals surface area (Å²) in [5, 5.41) is 0.265. The Morgan fingerprint density at radius 1 is 1.00 bits per heavy atom. The van der Waals surface area contributed by atoms with Crippen LogP contribution in [-0.4, -0.2) is 15.9 Å². The highest BCUT2D eigenvalue weighted by Gasteiger charge is 2.22. The predicted molar refractivity (Wildman–Crippen MR) is 119 cm³/mol. The fraction of sp³-hybridized carbons (Fsp3) is 0.833. The zero-order valence-electron chi connectivity index (χ0n) is 18.5. The molecule has 0 saturated carbocycles. The summed E-state index contributed by atoms with van der Waals surface area (Å²) >= 11 is 0. The zero-order valence-corrected chi connectivity index (χ0v) is 19.5. The van der Waals surface area contributed by atoms with Gasteiger partial charge in [-0.1, -0.05) is 111 Å². The quantitative estimate of drug-likeness (QED) is 0.161. The molecule has 0 rings (SSSR count). The third-order valence-electron chi connectivity index (χ3n) is 4.51. The monoisotopic (exact) mass is 376 g/mol. The molecule has 1 unspecified atom stereocenters. The van der Waals surface area contributed by atoms with Crippen molar-refractivity contribution in [2.24, 2.45) is 5.92 Å². The van der Waals surface area contributed by atoms with Crippen molar-refractivity contribution in [3.63, 3.8) is 0 Å². The van der Waals surface area contributed by atoms with Gasteiger partial charge < -0.3 is 4.43 Å². The van der Waals surface area contributed by atoms with Crippen molar-refractivity contribution in [3.05, 3.63) is 12.2 Å². The van der Waals surface area contributed by atoms with Crippen LogP contribution in [-0.2, 0) is 4.43 Å². The lowest BCUT2D eigenvalue weighted by atomic mass is 10.0. The van der Waals surface area contributed by atoms with Crippen LogP contribution >= 0.6 is 0 Å². The Morgan fingerprint density at radius 2 is 1.54 bits per heavy atom. The van der Waals surface area contributed by atoms with Gasteiger partial charge in [0.2, 0.25) is 9.76 Å². The first kappa shape index (κ1) is 25.5. The summed E-state index contributed by atoms with van der Waals surface area (Å²) in [5.74, 6) is 6.97. The Balaban J connectivity index is 3.99. The molecule has 1 nitrogen and oxygen atoms in total. The molecule has 0 saturated heterocycles. The third kappa shape index (κ3) is 16.9. The van der Waals surface area contributed by atoms with Crippen LogP contribution < -0.4 is 0 Å². The number of hydrogen-bond donors (Lipinski definition) is 0. The van der Waals surface area contributed by atoms with E-state index in [1.807, 2.05) is 6.92 Å². The maximum absolute atomic E-state index is 6.21. The van der Waals surface area contributed by atoms with Crippen molar-refractivity contribution < 1.29 is 4.43 Å². The minimum Gasteiger partial charge on any atom is -0.403 e. The van der Waals surface area contributed by atoms with Crippen molar-refractivity contribution in [2.45, 2.75) is 123 Å². The summed E-state index contributed by atoms with van der Waals surface area (Å²) in [5.41, 5.74) is 0.916. The Bertz CT molecular complexity index is 414. The minimum absolute atomic E-state index is 0.0485. The largest absolute Gasteiger partial charge is 0.403 e. The summed E-state index contributed by atoms with van der Waals surface area (Å²) < 4.78 is 6.21. The van der Waals surface area contributed by atoms with Gasteiger partial charge in [0.15, 0.2) is 0 Å². The van der Waals surface area contributed by atoms with E-state index in [1.165, 1.54) is 64.2 Å². The molecular weight excluding hydrogens is 332 g/mol. The molecule has 0 fully saturated rings. The SMILES string of the molecule is C=C(C)C#CC(CC(C)C)O[Si]C(C)(C)CCCCCCCCCCC. The zero-order chi connectivity index (χ0) is 19.8. The molecule has 0 aliphatic heterocycles. The Kier molecular flexibility index (Phi) is 15.2. The van der Waals surface area contributed by atoms with Crippen molar-refractivity contribution >= 4 is 9.76 Å². The van der Waals surface area contributed by atoms with Crippen molar-refractivity contribution in [2.75, 3.05) is 0 Å². The van der Waals surface area contributed by atoms with Crippen LogP contribution in [0, 0.1) is 17.8 Å². The van der Waals surface area contributed by atoms with Crippen molar-refractivity contribution in [1.29, 1.82) is 0 Å². The van der Waals surface area contributed by atoms with Gasteiger partial charge in [-0.2, -0.15) is 0 Å². The summed E-state index contributed by atoms with van der Waals surface area (Å²) in [6.45, 7) is 17.3. The molecule has 0 aliphatic carbocycles. The summed E-state index contributed by atoms with van der Waals surface area (Å²) in [6.07, 6.45) is 14.8. The summed E-state index contributed by atoms with van der Waals surface area (Å²) in [4.78, 5) is 0. The lowest BCUT2D eigenvalue weighted by molar-refractivity contribution is 0.227. The molecule has 0 aliphatic rings. The van der Waals surface area contributed by atoms with Gasteiger partial charge >= 0.3 is 0 Å². The van der Waals surface area contributed by atoms with Gasteiger partial charge in [-0.3, -0.25) is 0 Å². The molecule has 0 heterocycles. The molecule has 1 atom stereocenters. The fourth-order valence-corrected chi connectivity index (χ4v) is 3.82. The first-order valence-corrected chi connectivity index (χ1v) is 11.8. The highest BCUT2D eigenvalue weighted by atomic mass is 28.2. The molecule has 26 heavy (non-hydrogen) atoms. The third-order valence-corrected chi connectivity index (χ3v) is 5.72. The van der Waals surface area contributed by atoms with E-state index in [4.69, 9.17) is 4.43 Å². The number of allylic oxidation sites excluding steroid dienone is 1. The first-order chi connectivity index (χ1) is 12.3. The van der Waals surface area contributed by atoms with Crippen LogP contribution in [0.4, 0.5) is 0 Å². The van der Waals surface area contributed by atoms with E-state index in [9.17, 15) is 0 Å². The molecule has 0 bridgehead atoms. The second-order valence-corrected chi connectivity index (χ2v) is 10.6. The minimum atomic E-state index is 0.0485. The molecule has 0 N–H and O–H groups in total. The first-order valence-electron chi connectivity index (χ1n) is 10.9. The maximum atomic E-state index is 6.21. The van der Waals surface area contributed by atoms with Crippen LogP contribution in [0.25, 0.3) is 0 Å². The van der Waals surface area contributed by atoms with E-state index in [1.54, 1.807) is 0 Å². The van der Waals surface area contributed by atoms with Gasteiger partial charge in [0.25, 0.3) is 0 Å². The number of hydrogen-bond acceptors (Lipinski definition) is 1. The maximum Gasteiger partial charge on any atom is 0.237 e. The Labute approximate surface area is 167 Å². The molecule has 0 aromatic carbocycles. The molecule has 0 aromatic rings. The van der Waals surface area contributed by atoms with Crippen molar-refractivity contribution in [3.8, 4) is 11.8 Å². The van der Waals surface area contributed by atoms with Gasteiger partial charge in [0.05, 0.1) is 0 Å². The van der Waals surface area contributed by atoms with Gasteiger partial charge in [-0.15, -0.1) is 0 Å². The van der Waals surface area contributed by atoms with E-state index < -0.39 is 0 Å². The topological polar surface area (TPSA) is 9.23 Å². The predicted octanol–water partition coefficient (Wildman–Crippen LogP) is 7.74. The lowest BCUT2D eigenvalue weighted by Crippen LogP contribution is -2.23. The molecule has 2 radical (unpaired) electrons. The van der Waals surface area contributed by atoms with Crippen LogP contribution in [0.5, 0.6) is 0 Å². The van der Waals surface area contributed by atoms with E-state index in [2.05, 4.69) is 53.0 Å². The van der Waals surface area contributed by atoms with Crippen LogP contribution in [0.15, 0.2) is 12.2 Å². The fourth-order valence-electron chi connectivity index (χ4n) is 2.93. The van der Waals surface area contributed by atoms with Crippen LogP contribution in [0.2, 0.25) is 5.04 Å². The molecular formula is C24H44OSi. The average molecular weight is 377 g/mol. The molecule has 0 aromatic heterocycles. The lowest BCUT2D eigenvalue weighted by Gasteiger charge is -2.25. The smallest absolute Gasteiger partial charge is 0.237 e. The highest BCUT2D eigenvalue weighted by molar-refractivity contribution is 6.32. The van der Waals surface area contributed by atoms with Crippen LogP contribution in [0.1, 0.15) is 112 Å². The second kappa shape index (κ2) is 15.5. The Morgan fingerprint density at radius 3 is 2.04 bits per heavy atom.